The van der Waals surface area contributed by atoms with Gasteiger partial charge in [0.15, 0.2) is 22.1 Å². The van der Waals surface area contributed by atoms with Gasteiger partial charge in [-0.3, -0.25) is 9.36 Å². The van der Waals surface area contributed by atoms with Gasteiger partial charge in [0.25, 0.3) is 0 Å². The zero-order valence-electron chi connectivity index (χ0n) is 18.4. The van der Waals surface area contributed by atoms with Crippen molar-refractivity contribution in [3.8, 4) is 22.9 Å². The van der Waals surface area contributed by atoms with E-state index < -0.39 is 0 Å². The molecule has 0 unspecified atom stereocenters. The average Bonchev–Trinajstić information content (AvgIpc) is 3.11. The molecule has 2 aromatic carbocycles. The number of hydrogen-bond acceptors (Lipinski definition) is 5. The maximum absolute atomic E-state index is 12.5. The van der Waals surface area contributed by atoms with E-state index in [-0.39, 0.29) is 12.3 Å². The molecule has 0 aliphatic rings. The van der Waals surface area contributed by atoms with E-state index in [1.807, 2.05) is 28.8 Å². The van der Waals surface area contributed by atoms with Crippen LogP contribution in [0.1, 0.15) is 26.2 Å². The molecule has 0 aliphatic carbocycles. The van der Waals surface area contributed by atoms with Crippen LogP contribution in [0.4, 0.5) is 5.69 Å². The Morgan fingerprint density at radius 1 is 1.09 bits per heavy atom. The number of rotatable bonds is 10. The molecule has 0 spiro atoms. The minimum Gasteiger partial charge on any atom is -0.493 e. The highest BCUT2D eigenvalue weighted by Gasteiger charge is 2.14. The van der Waals surface area contributed by atoms with Crippen LogP contribution in [0.2, 0.25) is 5.02 Å². The quantitative estimate of drug-likeness (QED) is 0.388. The van der Waals surface area contributed by atoms with Crippen LogP contribution in [0, 0.1) is 4.77 Å². The van der Waals surface area contributed by atoms with Gasteiger partial charge in [0.1, 0.15) is 0 Å². The number of anilines is 1. The normalized spacial score (nSPS) is 10.8. The minimum absolute atomic E-state index is 0.143. The number of carbonyl (C=O) groups excluding carboxylic acids is 1. The molecule has 0 fully saturated rings. The fourth-order valence-corrected chi connectivity index (χ4v) is 3.70. The van der Waals surface area contributed by atoms with Crippen LogP contribution >= 0.6 is 23.8 Å². The van der Waals surface area contributed by atoms with E-state index in [2.05, 4.69) is 12.2 Å². The number of benzene rings is 2. The van der Waals surface area contributed by atoms with Gasteiger partial charge in [0.05, 0.1) is 20.8 Å². The molecule has 0 radical (unpaired) electrons. The Hall–Kier alpha value is -2.84. The first kappa shape index (κ1) is 23.8. The molecule has 32 heavy (non-hydrogen) atoms. The van der Waals surface area contributed by atoms with Crippen LogP contribution in [-0.4, -0.2) is 34.5 Å². The SMILES string of the molecule is CCCCn1c(-c2ccc(Cl)cc2)nn(CCC(=O)Nc2ccc(OC)c(OC)c2)c1=S. The number of carbonyl (C=O) groups is 1. The molecule has 1 aromatic heterocycles. The second-order valence-corrected chi connectivity index (χ2v) is 8.01. The maximum atomic E-state index is 12.5. The first-order valence-electron chi connectivity index (χ1n) is 10.4. The Balaban J connectivity index is 1.75. The van der Waals surface area contributed by atoms with Crippen LogP contribution in [0.25, 0.3) is 11.4 Å². The van der Waals surface area contributed by atoms with Gasteiger partial charge in [-0.2, -0.15) is 5.10 Å². The summed E-state index contributed by atoms with van der Waals surface area (Å²) < 4.78 is 14.8. The van der Waals surface area contributed by atoms with Crippen molar-refractivity contribution in [2.75, 3.05) is 19.5 Å². The third-order valence-electron chi connectivity index (χ3n) is 4.98. The van der Waals surface area contributed by atoms with Crippen molar-refractivity contribution in [3.05, 3.63) is 52.3 Å². The van der Waals surface area contributed by atoms with Crippen molar-refractivity contribution in [2.24, 2.45) is 0 Å². The van der Waals surface area contributed by atoms with Crippen LogP contribution in [0.3, 0.4) is 0 Å². The van der Waals surface area contributed by atoms with Crippen molar-refractivity contribution in [2.45, 2.75) is 39.3 Å². The van der Waals surface area contributed by atoms with Gasteiger partial charge in [-0.1, -0.05) is 24.9 Å². The highest BCUT2D eigenvalue weighted by Crippen LogP contribution is 2.29. The number of halogens is 1. The Bertz CT molecular complexity index is 1130. The summed E-state index contributed by atoms with van der Waals surface area (Å²) in [4.78, 5) is 12.5. The Kier molecular flexibility index (Phi) is 8.30. The number of aromatic nitrogens is 3. The van der Waals surface area contributed by atoms with Gasteiger partial charge in [0, 0.05) is 35.3 Å². The molecule has 170 valence electrons. The fourth-order valence-electron chi connectivity index (χ4n) is 3.26. The zero-order chi connectivity index (χ0) is 23.1. The van der Waals surface area contributed by atoms with Crippen LogP contribution in [-0.2, 0) is 17.9 Å². The number of amides is 1. The lowest BCUT2D eigenvalue weighted by molar-refractivity contribution is -0.116. The van der Waals surface area contributed by atoms with Gasteiger partial charge >= 0.3 is 0 Å². The number of nitrogens with zero attached hydrogens (tertiary/aromatic N) is 3. The van der Waals surface area contributed by atoms with Gasteiger partial charge in [-0.05, 0) is 55.0 Å². The largest absolute Gasteiger partial charge is 0.493 e. The zero-order valence-corrected chi connectivity index (χ0v) is 20.0. The van der Waals surface area contributed by atoms with E-state index in [9.17, 15) is 4.79 Å². The molecule has 0 atom stereocenters. The molecule has 9 heteroatoms. The number of ether oxygens (including phenoxy) is 2. The smallest absolute Gasteiger partial charge is 0.226 e. The molecule has 1 amide bonds. The molecular weight excluding hydrogens is 448 g/mol. The van der Waals surface area contributed by atoms with Crippen molar-refractivity contribution >= 4 is 35.4 Å². The third kappa shape index (κ3) is 5.69. The number of methoxy groups -OCH3 is 2. The van der Waals surface area contributed by atoms with Crippen LogP contribution < -0.4 is 14.8 Å². The van der Waals surface area contributed by atoms with Crippen LogP contribution in [0.5, 0.6) is 11.5 Å². The summed E-state index contributed by atoms with van der Waals surface area (Å²) in [6.07, 6.45) is 2.26. The van der Waals surface area contributed by atoms with Gasteiger partial charge in [-0.15, -0.1) is 0 Å². The molecule has 3 aromatic rings. The Morgan fingerprint density at radius 2 is 1.81 bits per heavy atom. The van der Waals surface area contributed by atoms with E-state index >= 15 is 0 Å². The topological polar surface area (TPSA) is 70.3 Å². The number of aryl methyl sites for hydroxylation is 1. The van der Waals surface area contributed by atoms with Gasteiger partial charge in [-0.25, -0.2) is 4.68 Å². The van der Waals surface area contributed by atoms with Crippen LogP contribution in [0.15, 0.2) is 42.5 Å². The van der Waals surface area contributed by atoms with E-state index in [0.717, 1.165) is 30.8 Å². The number of unbranched alkanes of at least 4 members (excludes halogenated alkanes) is 1. The van der Waals surface area contributed by atoms with E-state index in [0.29, 0.717) is 33.5 Å². The lowest BCUT2D eigenvalue weighted by Crippen LogP contribution is -2.15. The number of nitrogens with one attached hydrogen (secondary N) is 1. The first-order chi connectivity index (χ1) is 15.5. The molecule has 0 saturated carbocycles. The predicted octanol–water partition coefficient (Wildman–Crippen LogP) is 5.58. The summed E-state index contributed by atoms with van der Waals surface area (Å²) in [5.74, 6) is 1.79. The Labute approximate surface area is 197 Å². The maximum Gasteiger partial charge on any atom is 0.226 e. The minimum atomic E-state index is -0.143. The summed E-state index contributed by atoms with van der Waals surface area (Å²) in [6.45, 7) is 3.28. The second-order valence-electron chi connectivity index (χ2n) is 7.21. The molecule has 0 aliphatic heterocycles. The summed E-state index contributed by atoms with van der Waals surface area (Å²) >= 11 is 11.7. The van der Waals surface area contributed by atoms with Crippen molar-refractivity contribution in [1.82, 2.24) is 14.3 Å². The monoisotopic (exact) mass is 474 g/mol. The lowest BCUT2D eigenvalue weighted by atomic mass is 10.2. The van der Waals surface area contributed by atoms with E-state index in [1.165, 1.54) is 0 Å². The van der Waals surface area contributed by atoms with Gasteiger partial charge < -0.3 is 14.8 Å². The third-order valence-corrected chi connectivity index (χ3v) is 5.66. The molecule has 7 nitrogen and oxygen atoms in total. The second kappa shape index (κ2) is 11.2. The predicted molar refractivity (Wildman–Crippen MR) is 129 cm³/mol. The Morgan fingerprint density at radius 3 is 2.47 bits per heavy atom. The summed E-state index contributed by atoms with van der Waals surface area (Å²) in [7, 11) is 3.12. The molecule has 3 rings (SSSR count). The molecular formula is C23H27ClN4O3S. The number of hydrogen-bond donors (Lipinski definition) is 1. The summed E-state index contributed by atoms with van der Waals surface area (Å²) in [5.41, 5.74) is 1.57. The summed E-state index contributed by atoms with van der Waals surface area (Å²) in [6, 6.07) is 12.8. The first-order valence-corrected chi connectivity index (χ1v) is 11.2. The molecule has 1 heterocycles. The molecule has 0 bridgehead atoms. The van der Waals surface area contributed by atoms with Crippen molar-refractivity contribution in [1.29, 1.82) is 0 Å². The van der Waals surface area contributed by atoms with E-state index in [4.69, 9.17) is 38.4 Å². The summed E-state index contributed by atoms with van der Waals surface area (Å²) in [5, 5.41) is 8.25. The van der Waals surface area contributed by atoms with E-state index in [1.54, 1.807) is 37.1 Å². The lowest BCUT2D eigenvalue weighted by Gasteiger charge is -2.10. The average molecular weight is 475 g/mol. The standard InChI is InChI=1S/C23H27ClN4O3S/c1-4-5-13-27-22(16-6-8-17(24)9-7-16)26-28(23(27)32)14-12-21(29)25-18-10-11-19(30-2)20(15-18)31-3/h6-11,15H,4-5,12-14H2,1-3H3,(H,25,29). The van der Waals surface area contributed by atoms with Crippen molar-refractivity contribution < 1.29 is 14.3 Å². The fraction of sp³-hybridized carbons (Fsp3) is 0.348. The highest BCUT2D eigenvalue weighted by atomic mass is 35.5. The molecule has 1 N–H and O–H groups in total. The molecule has 0 saturated heterocycles. The van der Waals surface area contributed by atoms with Crippen molar-refractivity contribution in [3.63, 3.8) is 0 Å². The highest BCUT2D eigenvalue weighted by molar-refractivity contribution is 7.71. The van der Waals surface area contributed by atoms with Gasteiger partial charge in [0.2, 0.25) is 5.91 Å².